The molecule has 0 amide bonds. The molecule has 0 aromatic heterocycles. The van der Waals surface area contributed by atoms with Gasteiger partial charge in [0.15, 0.2) is 0 Å². The lowest BCUT2D eigenvalue weighted by Gasteiger charge is -2.10. The third-order valence-electron chi connectivity index (χ3n) is 5.38. The summed E-state index contributed by atoms with van der Waals surface area (Å²) >= 11 is 0. The van der Waals surface area contributed by atoms with E-state index in [0.29, 0.717) is 16.2 Å². The van der Waals surface area contributed by atoms with Gasteiger partial charge in [0, 0.05) is 16.7 Å². The van der Waals surface area contributed by atoms with Crippen LogP contribution in [0.1, 0.15) is 16.7 Å². The fraction of sp³-hybridized carbons (Fsp3) is 0.115. The minimum atomic E-state index is -4.39. The molecule has 190 valence electrons. The lowest BCUT2D eigenvalue weighted by molar-refractivity contribution is 0.346. The number of nitrogens with zero attached hydrogens (tertiary/aromatic N) is 2. The molecular formula is C26H22N2O6S3. The third kappa shape index (κ3) is 6.06. The van der Waals surface area contributed by atoms with Gasteiger partial charge < -0.3 is 4.18 Å². The lowest BCUT2D eigenvalue weighted by atomic mass is 10.0. The van der Waals surface area contributed by atoms with Crippen molar-refractivity contribution in [2.24, 2.45) is 4.53 Å². The van der Waals surface area contributed by atoms with Crippen molar-refractivity contribution in [3.8, 4) is 11.8 Å². The molecule has 0 N–H and O–H groups in total. The van der Waals surface area contributed by atoms with Crippen LogP contribution in [0, 0.1) is 25.2 Å². The molecule has 0 spiro atoms. The molecule has 0 bridgehead atoms. The van der Waals surface area contributed by atoms with Gasteiger partial charge in [-0.3, -0.25) is 0 Å². The zero-order valence-corrected chi connectivity index (χ0v) is 22.3. The van der Waals surface area contributed by atoms with Crippen molar-refractivity contribution >= 4 is 36.5 Å². The number of nitriles is 1. The summed E-state index contributed by atoms with van der Waals surface area (Å²) in [6, 6.07) is 20.6. The predicted molar refractivity (Wildman–Crippen MR) is 141 cm³/mol. The lowest BCUT2D eigenvalue weighted by Crippen LogP contribution is -2.10. The summed E-state index contributed by atoms with van der Waals surface area (Å²) in [4.78, 5) is 0.190. The van der Waals surface area contributed by atoms with E-state index in [2.05, 4.69) is 10.6 Å². The van der Waals surface area contributed by atoms with Gasteiger partial charge in [-0.15, -0.1) is 4.28 Å². The molecule has 3 aromatic rings. The smallest absolute Gasteiger partial charge is 0.339 e. The molecule has 37 heavy (non-hydrogen) atoms. The summed E-state index contributed by atoms with van der Waals surface area (Å²) < 4.78 is 65.0. The highest BCUT2D eigenvalue weighted by Crippen LogP contribution is 2.29. The number of hydrogen-bond acceptors (Lipinski definition) is 8. The number of hydrogen-bond donors (Lipinski definition) is 0. The predicted octanol–water partition coefficient (Wildman–Crippen LogP) is 5.00. The monoisotopic (exact) mass is 554 g/mol. The van der Waals surface area contributed by atoms with Gasteiger partial charge in [0.1, 0.15) is 16.7 Å². The van der Waals surface area contributed by atoms with Crippen molar-refractivity contribution in [1.82, 2.24) is 0 Å². The van der Waals surface area contributed by atoms with Crippen LogP contribution in [0.15, 0.2) is 104 Å². The summed E-state index contributed by atoms with van der Waals surface area (Å²) in [6.45, 7) is 3.71. The van der Waals surface area contributed by atoms with Crippen LogP contribution in [0.5, 0.6) is 5.75 Å². The molecular weight excluding hydrogens is 532 g/mol. The van der Waals surface area contributed by atoms with E-state index in [1.54, 1.807) is 24.3 Å². The molecule has 1 aliphatic heterocycles. The molecule has 0 saturated carbocycles. The highest BCUT2D eigenvalue weighted by atomic mass is 32.2. The maximum Gasteiger partial charge on any atom is 0.339 e. The topological polar surface area (TPSA) is 123 Å². The Balaban J connectivity index is 1.59. The highest BCUT2D eigenvalue weighted by Gasteiger charge is 2.22. The molecule has 1 heterocycles. The van der Waals surface area contributed by atoms with Crippen LogP contribution < -0.4 is 4.18 Å². The molecule has 1 atom stereocenters. The first-order valence-corrected chi connectivity index (χ1v) is 15.1. The van der Waals surface area contributed by atoms with E-state index in [-0.39, 0.29) is 15.5 Å². The van der Waals surface area contributed by atoms with Gasteiger partial charge in [0.2, 0.25) is 0 Å². The van der Waals surface area contributed by atoms with E-state index in [1.807, 2.05) is 38.1 Å². The number of aryl methyl sites for hydroxylation is 2. The average Bonchev–Trinajstić information content (AvgIpc) is 3.33. The normalized spacial score (nSPS) is 16.9. The van der Waals surface area contributed by atoms with Crippen molar-refractivity contribution in [2.45, 2.75) is 23.6 Å². The van der Waals surface area contributed by atoms with Gasteiger partial charge in [0.25, 0.3) is 0 Å². The van der Waals surface area contributed by atoms with Crippen molar-refractivity contribution in [3.05, 3.63) is 107 Å². The Bertz CT molecular complexity index is 1700. The van der Waals surface area contributed by atoms with Gasteiger partial charge in [-0.25, -0.2) is 0 Å². The Morgan fingerprint density at radius 2 is 1.65 bits per heavy atom. The maximum absolute atomic E-state index is 12.9. The highest BCUT2D eigenvalue weighted by molar-refractivity contribution is 7.92. The van der Waals surface area contributed by atoms with Crippen LogP contribution in [-0.2, 0) is 35.2 Å². The van der Waals surface area contributed by atoms with Crippen LogP contribution in [0.3, 0.4) is 0 Å². The van der Waals surface area contributed by atoms with Crippen LogP contribution in [0.2, 0.25) is 0 Å². The van der Waals surface area contributed by atoms with Crippen LogP contribution in [-0.4, -0.2) is 22.6 Å². The van der Waals surface area contributed by atoms with Crippen molar-refractivity contribution in [1.29, 1.82) is 5.26 Å². The summed E-state index contributed by atoms with van der Waals surface area (Å²) in [5.41, 5.74) is 2.92. The summed E-state index contributed by atoms with van der Waals surface area (Å²) in [5, 5.41) is 9.81. The first-order chi connectivity index (χ1) is 17.6. The molecule has 1 aliphatic rings. The second-order valence-electron chi connectivity index (χ2n) is 8.03. The molecule has 0 radical (unpaired) electrons. The first-order valence-electron chi connectivity index (χ1n) is 10.9. The summed E-state index contributed by atoms with van der Waals surface area (Å²) in [7, 11) is -9.59. The SMILES string of the molecule is Cc1ccc(S(=O)(=O)Oc2cccc(S(=O)(=O)ON=S3CC=CC3=C(C#N)c3ccccc3C)c2)cc1. The van der Waals surface area contributed by atoms with E-state index in [0.717, 1.165) is 22.8 Å². The molecule has 3 aromatic carbocycles. The van der Waals surface area contributed by atoms with E-state index < -0.39 is 30.9 Å². The molecule has 8 nitrogen and oxygen atoms in total. The molecule has 0 aliphatic carbocycles. The molecule has 0 saturated heterocycles. The fourth-order valence-corrected chi connectivity index (χ4v) is 6.84. The van der Waals surface area contributed by atoms with E-state index in [4.69, 9.17) is 8.47 Å². The van der Waals surface area contributed by atoms with Crippen molar-refractivity contribution in [3.63, 3.8) is 0 Å². The average molecular weight is 555 g/mol. The third-order valence-corrected chi connectivity index (χ3v) is 9.45. The summed E-state index contributed by atoms with van der Waals surface area (Å²) in [5.74, 6) is 0.196. The fourth-order valence-electron chi connectivity index (χ4n) is 3.47. The minimum absolute atomic E-state index is 0.0613. The Kier molecular flexibility index (Phi) is 7.75. The minimum Gasteiger partial charge on any atom is -0.379 e. The van der Waals surface area contributed by atoms with Gasteiger partial charge >= 0.3 is 20.2 Å². The van der Waals surface area contributed by atoms with Crippen molar-refractivity contribution in [2.75, 3.05) is 5.75 Å². The zero-order valence-electron chi connectivity index (χ0n) is 19.9. The number of rotatable bonds is 7. The maximum atomic E-state index is 12.9. The van der Waals surface area contributed by atoms with E-state index in [1.165, 1.54) is 30.3 Å². The van der Waals surface area contributed by atoms with Gasteiger partial charge in [-0.1, -0.05) is 58.6 Å². The van der Waals surface area contributed by atoms with Gasteiger partial charge in [-0.05, 0) is 66.0 Å². The van der Waals surface area contributed by atoms with Gasteiger partial charge in [-0.2, -0.15) is 22.1 Å². The number of allylic oxidation sites excluding steroid dienone is 2. The molecule has 4 rings (SSSR count). The largest absolute Gasteiger partial charge is 0.379 e. The molecule has 11 heteroatoms. The second-order valence-corrected chi connectivity index (χ2v) is 12.8. The van der Waals surface area contributed by atoms with Crippen LogP contribution in [0.4, 0.5) is 0 Å². The van der Waals surface area contributed by atoms with Crippen LogP contribution >= 0.6 is 0 Å². The van der Waals surface area contributed by atoms with E-state index in [9.17, 15) is 22.1 Å². The quantitative estimate of drug-likeness (QED) is 0.229. The van der Waals surface area contributed by atoms with Gasteiger partial charge in [0.05, 0.1) is 10.5 Å². The van der Waals surface area contributed by atoms with Crippen molar-refractivity contribution < 1.29 is 25.3 Å². The molecule has 0 fully saturated rings. The Morgan fingerprint density at radius 1 is 0.919 bits per heavy atom. The van der Waals surface area contributed by atoms with E-state index >= 15 is 0 Å². The Labute approximate surface area is 218 Å². The first kappa shape index (κ1) is 26.5. The Morgan fingerprint density at radius 3 is 2.35 bits per heavy atom. The Hall–Kier alpha value is -3.56. The number of benzene rings is 3. The second kappa shape index (κ2) is 10.8. The standard InChI is InChI=1S/C26H22N2O6S3/c1-19-12-14-22(15-13-19)36(29,30)33-21-8-5-9-23(17-21)37(31,32)34-28-35-16-6-11-26(35)25(18-27)24-10-4-3-7-20(24)2/h3-15,17H,16H2,1-2H3. The van der Waals surface area contributed by atoms with Crippen LogP contribution in [0.25, 0.3) is 5.57 Å². The zero-order chi connectivity index (χ0) is 26.6. The molecule has 1 unspecified atom stereocenters. The summed E-state index contributed by atoms with van der Waals surface area (Å²) in [6.07, 6.45) is 3.55.